The van der Waals surface area contributed by atoms with Crippen LogP contribution in [-0.2, 0) is 0 Å². The number of nitrogens with zero attached hydrogens (tertiary/aromatic N) is 3. The summed E-state index contributed by atoms with van der Waals surface area (Å²) < 4.78 is 0.764. The van der Waals surface area contributed by atoms with Crippen LogP contribution >= 0.6 is 24.8 Å². The van der Waals surface area contributed by atoms with Gasteiger partial charge in [-0.15, -0.1) is 12.6 Å². The molecule has 0 aromatic carbocycles. The highest BCUT2D eigenvalue weighted by Crippen LogP contribution is 2.04. The molecule has 0 aliphatic rings. The van der Waals surface area contributed by atoms with E-state index in [2.05, 4.69) is 32.6 Å². The zero-order valence-corrected chi connectivity index (χ0v) is 10.7. The van der Waals surface area contributed by atoms with Gasteiger partial charge in [0.25, 0.3) is 0 Å². The number of hydrogen-bond acceptors (Lipinski definition) is 5. The molecule has 0 radical (unpaired) electrons. The van der Waals surface area contributed by atoms with E-state index in [1.54, 1.807) is 18.7 Å². The van der Waals surface area contributed by atoms with Crippen LogP contribution in [0.15, 0.2) is 29.9 Å². The lowest BCUT2D eigenvalue weighted by atomic mass is 10.4. The zero-order valence-electron chi connectivity index (χ0n) is 9.01. The van der Waals surface area contributed by atoms with Gasteiger partial charge in [-0.1, -0.05) is 12.2 Å². The number of thiol groups is 1. The van der Waals surface area contributed by atoms with E-state index in [0.717, 1.165) is 20.8 Å². The zero-order chi connectivity index (χ0) is 12.0. The van der Waals surface area contributed by atoms with Crippen LogP contribution in [0.3, 0.4) is 0 Å². The molecular weight excluding hydrogens is 240 g/mol. The van der Waals surface area contributed by atoms with Gasteiger partial charge in [0.15, 0.2) is 0 Å². The van der Waals surface area contributed by atoms with E-state index in [4.69, 9.17) is 12.2 Å². The molecule has 2 aromatic rings. The number of aromatic amines is 1. The number of hydrogen-bond donors (Lipinski definition) is 2. The Labute approximate surface area is 105 Å². The Morgan fingerprint density at radius 1 is 1.25 bits per heavy atom. The van der Waals surface area contributed by atoms with Crippen molar-refractivity contribution < 1.29 is 0 Å². The molecule has 2 rings (SSSR count). The van der Waals surface area contributed by atoms with Gasteiger partial charge >= 0.3 is 0 Å². The second-order valence-corrected chi connectivity index (χ2v) is 3.95. The molecule has 16 heavy (non-hydrogen) atoms. The molecule has 4 nitrogen and oxygen atoms in total. The molecule has 0 unspecified atom stereocenters. The van der Waals surface area contributed by atoms with Crippen LogP contribution in [0, 0.1) is 18.5 Å². The maximum Gasteiger partial charge on any atom is 0.115 e. The molecule has 0 aliphatic heterocycles. The number of H-pyrrole nitrogens is 1. The van der Waals surface area contributed by atoms with Gasteiger partial charge in [-0.05, 0) is 13.8 Å². The first-order valence-corrected chi connectivity index (χ1v) is 5.41. The molecule has 84 valence electrons. The van der Waals surface area contributed by atoms with E-state index in [1.165, 1.54) is 6.33 Å². The molecule has 0 saturated heterocycles. The van der Waals surface area contributed by atoms with Crippen LogP contribution in [0.4, 0.5) is 0 Å². The fourth-order valence-electron chi connectivity index (χ4n) is 0.801. The lowest BCUT2D eigenvalue weighted by Gasteiger charge is -1.90. The Hall–Kier alpha value is -1.27. The quantitative estimate of drug-likeness (QED) is 0.559. The standard InChI is InChI=1S/2C5H6N2S/c1-4-5(8)2-6-3-7-4;1-4-2-6-3-7-5(4)8/h2-3,8H,1H3;2-3H,1H3,(H,6,7,8). The smallest absolute Gasteiger partial charge is 0.115 e. The molecule has 0 aliphatic carbocycles. The summed E-state index contributed by atoms with van der Waals surface area (Å²) in [5, 5.41) is 0. The van der Waals surface area contributed by atoms with Gasteiger partial charge in [-0.2, -0.15) is 0 Å². The van der Waals surface area contributed by atoms with Crippen molar-refractivity contribution in [3.63, 3.8) is 0 Å². The van der Waals surface area contributed by atoms with Crippen LogP contribution in [0.25, 0.3) is 0 Å². The van der Waals surface area contributed by atoms with Gasteiger partial charge in [0.05, 0.1) is 12.0 Å². The van der Waals surface area contributed by atoms with Crippen molar-refractivity contribution >= 4 is 24.8 Å². The molecule has 2 heterocycles. The average molecular weight is 252 g/mol. The SMILES string of the molecule is Cc1cnc[nH]c1=S.Cc1ncncc1S. The Bertz CT molecular complexity index is 489. The summed E-state index contributed by atoms with van der Waals surface area (Å²) in [6.07, 6.45) is 6.49. The summed E-state index contributed by atoms with van der Waals surface area (Å²) in [6.45, 7) is 3.82. The maximum atomic E-state index is 4.86. The molecule has 2 aromatic heterocycles. The van der Waals surface area contributed by atoms with Gasteiger partial charge in [0, 0.05) is 22.9 Å². The summed E-state index contributed by atoms with van der Waals surface area (Å²) in [6, 6.07) is 0. The third-order valence-electron chi connectivity index (χ3n) is 1.78. The van der Waals surface area contributed by atoms with E-state index >= 15 is 0 Å². The van der Waals surface area contributed by atoms with Crippen molar-refractivity contribution in [1.82, 2.24) is 19.9 Å². The Morgan fingerprint density at radius 2 is 2.00 bits per heavy atom. The lowest BCUT2D eigenvalue weighted by molar-refractivity contribution is 1.03. The Morgan fingerprint density at radius 3 is 2.38 bits per heavy atom. The molecule has 6 heteroatoms. The fraction of sp³-hybridized carbons (Fsp3) is 0.200. The highest BCUT2D eigenvalue weighted by Gasteiger charge is 1.87. The number of nitrogens with one attached hydrogen (secondary N) is 1. The number of rotatable bonds is 0. The predicted octanol–water partition coefficient (Wildman–Crippen LogP) is 2.52. The van der Waals surface area contributed by atoms with Crippen molar-refractivity contribution in [3.8, 4) is 0 Å². The van der Waals surface area contributed by atoms with E-state index in [9.17, 15) is 0 Å². The molecular formula is C10H12N4S2. The van der Waals surface area contributed by atoms with Crippen molar-refractivity contribution in [1.29, 1.82) is 0 Å². The summed E-state index contributed by atoms with van der Waals surface area (Å²) in [5.74, 6) is 0. The van der Waals surface area contributed by atoms with Gasteiger partial charge in [0.1, 0.15) is 11.0 Å². The van der Waals surface area contributed by atoms with Gasteiger partial charge in [-0.3, -0.25) is 0 Å². The lowest BCUT2D eigenvalue weighted by Crippen LogP contribution is -1.82. The second kappa shape index (κ2) is 6.34. The highest BCUT2D eigenvalue weighted by molar-refractivity contribution is 7.80. The minimum Gasteiger partial charge on any atom is -0.337 e. The normalized spacial score (nSPS) is 9.19. The van der Waals surface area contributed by atoms with Crippen molar-refractivity contribution in [2.75, 3.05) is 0 Å². The Kier molecular flexibility index (Phi) is 5.07. The molecule has 0 bridgehead atoms. The molecule has 0 spiro atoms. The van der Waals surface area contributed by atoms with Crippen LogP contribution < -0.4 is 0 Å². The van der Waals surface area contributed by atoms with E-state index in [0.29, 0.717) is 0 Å². The minimum absolute atomic E-state index is 0.764. The molecule has 0 atom stereocenters. The van der Waals surface area contributed by atoms with Crippen LogP contribution in [0.1, 0.15) is 11.3 Å². The fourth-order valence-corrected chi connectivity index (χ4v) is 1.03. The predicted molar refractivity (Wildman–Crippen MR) is 68.2 cm³/mol. The van der Waals surface area contributed by atoms with Gasteiger partial charge in [0.2, 0.25) is 0 Å². The van der Waals surface area contributed by atoms with Crippen LogP contribution in [-0.4, -0.2) is 19.9 Å². The molecule has 0 amide bonds. The minimum atomic E-state index is 0.764. The number of aromatic nitrogens is 4. The van der Waals surface area contributed by atoms with E-state index < -0.39 is 0 Å². The van der Waals surface area contributed by atoms with Crippen LogP contribution in [0.5, 0.6) is 0 Å². The van der Waals surface area contributed by atoms with Gasteiger partial charge in [-0.25, -0.2) is 15.0 Å². The summed E-state index contributed by atoms with van der Waals surface area (Å²) >= 11 is 8.93. The molecule has 0 fully saturated rings. The van der Waals surface area contributed by atoms with Crippen molar-refractivity contribution in [2.45, 2.75) is 18.7 Å². The maximum absolute atomic E-state index is 4.86. The summed E-state index contributed by atoms with van der Waals surface area (Å²) in [4.78, 5) is 15.1. The second-order valence-electron chi connectivity index (χ2n) is 3.06. The first-order valence-electron chi connectivity index (χ1n) is 4.56. The summed E-state index contributed by atoms with van der Waals surface area (Å²) in [7, 11) is 0. The monoisotopic (exact) mass is 252 g/mol. The third kappa shape index (κ3) is 4.08. The van der Waals surface area contributed by atoms with Crippen molar-refractivity contribution in [3.05, 3.63) is 40.9 Å². The molecule has 1 N–H and O–H groups in total. The summed E-state index contributed by atoms with van der Waals surface area (Å²) in [5.41, 5.74) is 1.94. The largest absolute Gasteiger partial charge is 0.337 e. The van der Waals surface area contributed by atoms with E-state index in [-0.39, 0.29) is 0 Å². The first kappa shape index (κ1) is 12.8. The van der Waals surface area contributed by atoms with Crippen LogP contribution in [0.2, 0.25) is 0 Å². The highest BCUT2D eigenvalue weighted by atomic mass is 32.1. The molecule has 0 saturated carbocycles. The Balaban J connectivity index is 0.000000160. The number of aryl methyl sites for hydroxylation is 2. The third-order valence-corrected chi connectivity index (χ3v) is 2.66. The van der Waals surface area contributed by atoms with Crippen molar-refractivity contribution in [2.24, 2.45) is 0 Å². The van der Waals surface area contributed by atoms with Gasteiger partial charge < -0.3 is 4.98 Å². The average Bonchev–Trinajstić information content (AvgIpc) is 2.28. The first-order chi connectivity index (χ1) is 7.61. The topological polar surface area (TPSA) is 54.5 Å². The van der Waals surface area contributed by atoms with E-state index in [1.807, 2.05) is 13.8 Å².